The van der Waals surface area contributed by atoms with Gasteiger partial charge in [-0.1, -0.05) is 41.9 Å². The van der Waals surface area contributed by atoms with Crippen LogP contribution >= 0.6 is 11.6 Å². The molecule has 4 aliphatic rings. The summed E-state index contributed by atoms with van der Waals surface area (Å²) in [4.78, 5) is 45.8. The Morgan fingerprint density at radius 1 is 1.00 bits per heavy atom. The topological polar surface area (TPSA) is 87.7 Å². The molecule has 4 atom stereocenters. The molecule has 0 saturated carbocycles. The van der Waals surface area contributed by atoms with Crippen molar-refractivity contribution in [3.63, 3.8) is 0 Å². The van der Waals surface area contributed by atoms with Crippen LogP contribution in [0.5, 0.6) is 5.75 Å². The van der Waals surface area contributed by atoms with E-state index in [1.54, 1.807) is 36.4 Å². The summed E-state index contributed by atoms with van der Waals surface area (Å²) in [6.07, 6.45) is 1.50. The highest BCUT2D eigenvalue weighted by atomic mass is 35.5. The molecule has 4 unspecified atom stereocenters. The van der Waals surface area contributed by atoms with Gasteiger partial charge in [-0.3, -0.25) is 19.3 Å². The zero-order valence-corrected chi connectivity index (χ0v) is 21.5. The van der Waals surface area contributed by atoms with Gasteiger partial charge in [0.25, 0.3) is 5.91 Å². The first kappa shape index (κ1) is 23.4. The molecule has 7 rings (SSSR count). The zero-order valence-electron chi connectivity index (χ0n) is 20.8. The maximum Gasteiger partial charge on any atom is 0.251 e. The zero-order chi connectivity index (χ0) is 26.2. The third kappa shape index (κ3) is 2.65. The monoisotopic (exact) mass is 527 g/mol. The van der Waals surface area contributed by atoms with Crippen molar-refractivity contribution < 1.29 is 19.1 Å². The third-order valence-corrected chi connectivity index (χ3v) is 9.03. The number of rotatable bonds is 4. The Hall–Kier alpha value is -3.68. The lowest BCUT2D eigenvalue weighted by molar-refractivity contribution is -0.137. The number of benzene rings is 3. The smallest absolute Gasteiger partial charge is 0.251 e. The normalized spacial score (nSPS) is 28.8. The molecule has 0 bridgehead atoms. The summed E-state index contributed by atoms with van der Waals surface area (Å²) >= 11 is 6.52. The molecule has 2 spiro atoms. The van der Waals surface area contributed by atoms with E-state index in [4.69, 9.17) is 16.3 Å². The molecule has 0 aliphatic carbocycles. The molecule has 2 fully saturated rings. The van der Waals surface area contributed by atoms with Gasteiger partial charge in [0, 0.05) is 28.0 Å². The average molecular weight is 528 g/mol. The van der Waals surface area contributed by atoms with Gasteiger partial charge in [-0.05, 0) is 68.3 Å². The predicted octanol–water partition coefficient (Wildman–Crippen LogP) is 4.75. The van der Waals surface area contributed by atoms with Crippen molar-refractivity contribution >= 4 is 40.6 Å². The van der Waals surface area contributed by atoms with Gasteiger partial charge in [0.15, 0.2) is 5.78 Å². The summed E-state index contributed by atoms with van der Waals surface area (Å²) < 4.78 is 5.85. The largest absolute Gasteiger partial charge is 0.493 e. The number of amides is 2. The summed E-state index contributed by atoms with van der Waals surface area (Å²) in [5.41, 5.74) is 0.0137. The fourth-order valence-corrected chi connectivity index (χ4v) is 7.84. The van der Waals surface area contributed by atoms with Crippen LogP contribution in [0.15, 0.2) is 66.7 Å². The first-order chi connectivity index (χ1) is 18.5. The first-order valence-corrected chi connectivity index (χ1v) is 13.4. The van der Waals surface area contributed by atoms with Gasteiger partial charge >= 0.3 is 0 Å². The number of halogens is 1. The van der Waals surface area contributed by atoms with E-state index < -0.39 is 16.9 Å². The lowest BCUT2D eigenvalue weighted by Crippen LogP contribution is -2.62. The van der Waals surface area contributed by atoms with Crippen molar-refractivity contribution in [1.29, 1.82) is 0 Å². The van der Waals surface area contributed by atoms with Crippen LogP contribution in [0.3, 0.4) is 0 Å². The number of Topliss-reactive ketones (excluding diaryl/α,β-unsaturated/α-hetero) is 1. The van der Waals surface area contributed by atoms with Crippen molar-refractivity contribution in [3.05, 3.63) is 88.4 Å². The van der Waals surface area contributed by atoms with Gasteiger partial charge in [-0.2, -0.15) is 0 Å². The van der Waals surface area contributed by atoms with Gasteiger partial charge in [0.2, 0.25) is 5.91 Å². The summed E-state index contributed by atoms with van der Waals surface area (Å²) in [6, 6.07) is 19.5. The summed E-state index contributed by atoms with van der Waals surface area (Å²) in [7, 11) is 0. The molecule has 2 N–H and O–H groups in total. The highest BCUT2D eigenvalue weighted by Gasteiger charge is 2.81. The van der Waals surface area contributed by atoms with E-state index in [0.717, 1.165) is 6.42 Å². The van der Waals surface area contributed by atoms with Crippen molar-refractivity contribution in [2.75, 3.05) is 23.8 Å². The molecule has 8 heteroatoms. The lowest BCUT2D eigenvalue weighted by Gasteiger charge is -2.43. The Bertz CT molecular complexity index is 1540. The Kier molecular flexibility index (Phi) is 5.03. The van der Waals surface area contributed by atoms with E-state index in [2.05, 4.69) is 15.5 Å². The summed E-state index contributed by atoms with van der Waals surface area (Å²) in [5, 5.41) is 6.57. The number of nitrogens with zero attached hydrogens (tertiary/aromatic N) is 1. The van der Waals surface area contributed by atoms with E-state index >= 15 is 0 Å². The van der Waals surface area contributed by atoms with Crippen LogP contribution in [-0.2, 0) is 20.5 Å². The quantitative estimate of drug-likeness (QED) is 0.478. The van der Waals surface area contributed by atoms with E-state index in [1.807, 2.05) is 37.3 Å². The molecule has 4 heterocycles. The predicted molar refractivity (Wildman–Crippen MR) is 144 cm³/mol. The summed E-state index contributed by atoms with van der Waals surface area (Å²) in [6.45, 7) is 2.85. The number of fused-ring (bicyclic) bond motifs is 7. The Morgan fingerprint density at radius 3 is 2.58 bits per heavy atom. The Morgan fingerprint density at radius 2 is 1.74 bits per heavy atom. The molecular formula is C30H26ClN3O4. The molecule has 38 heavy (non-hydrogen) atoms. The minimum Gasteiger partial charge on any atom is -0.493 e. The molecule has 192 valence electrons. The van der Waals surface area contributed by atoms with Crippen LogP contribution in [-0.4, -0.2) is 41.7 Å². The molecule has 4 aliphatic heterocycles. The molecule has 3 aromatic rings. The number of anilines is 2. The number of hydrogen-bond donors (Lipinski definition) is 2. The average Bonchev–Trinajstić information content (AvgIpc) is 3.63. The highest BCUT2D eigenvalue weighted by molar-refractivity contribution is 6.31. The number of ketones is 1. The highest BCUT2D eigenvalue weighted by Crippen LogP contribution is 2.68. The minimum absolute atomic E-state index is 0.196. The number of carbonyl (C=O) groups is 3. The fraction of sp³-hybridized carbons (Fsp3) is 0.300. The fourth-order valence-electron chi connectivity index (χ4n) is 7.67. The van der Waals surface area contributed by atoms with Crippen molar-refractivity contribution in [2.24, 2.45) is 5.92 Å². The van der Waals surface area contributed by atoms with Crippen LogP contribution in [0.4, 0.5) is 11.4 Å². The van der Waals surface area contributed by atoms with Crippen molar-refractivity contribution in [1.82, 2.24) is 4.90 Å². The molecule has 0 aromatic heterocycles. The second-order valence-electron chi connectivity index (χ2n) is 10.3. The first-order valence-electron chi connectivity index (χ1n) is 13.0. The molecule has 0 radical (unpaired) electrons. The van der Waals surface area contributed by atoms with E-state index in [0.29, 0.717) is 58.4 Å². The van der Waals surface area contributed by atoms with Crippen LogP contribution in [0.1, 0.15) is 41.3 Å². The third-order valence-electron chi connectivity index (χ3n) is 8.79. The Balaban J connectivity index is 1.58. The maximum atomic E-state index is 14.8. The van der Waals surface area contributed by atoms with Gasteiger partial charge in [-0.25, -0.2) is 0 Å². The van der Waals surface area contributed by atoms with Crippen molar-refractivity contribution in [3.8, 4) is 5.75 Å². The van der Waals surface area contributed by atoms with E-state index in [9.17, 15) is 14.4 Å². The Labute approximate surface area is 225 Å². The number of ether oxygens (including phenoxy) is 1. The van der Waals surface area contributed by atoms with Gasteiger partial charge in [0.05, 0.1) is 18.1 Å². The molecule has 7 nitrogen and oxygen atoms in total. The molecule has 2 amide bonds. The van der Waals surface area contributed by atoms with Crippen LogP contribution in [0.25, 0.3) is 0 Å². The number of carbonyl (C=O) groups excluding carboxylic acids is 3. The lowest BCUT2D eigenvalue weighted by atomic mass is 9.57. The number of hydrogen-bond acceptors (Lipinski definition) is 5. The van der Waals surface area contributed by atoms with E-state index in [-0.39, 0.29) is 23.6 Å². The number of para-hydroxylation sites is 2. The van der Waals surface area contributed by atoms with Crippen molar-refractivity contribution in [2.45, 2.75) is 36.8 Å². The molecular weight excluding hydrogens is 502 g/mol. The van der Waals surface area contributed by atoms with Crippen LogP contribution in [0, 0.1) is 5.92 Å². The van der Waals surface area contributed by atoms with Gasteiger partial charge < -0.3 is 15.4 Å². The maximum absolute atomic E-state index is 14.8. The second-order valence-corrected chi connectivity index (χ2v) is 10.8. The minimum atomic E-state index is -1.51. The van der Waals surface area contributed by atoms with Crippen LogP contribution in [0.2, 0.25) is 5.02 Å². The van der Waals surface area contributed by atoms with Crippen LogP contribution < -0.4 is 15.4 Å². The SMILES string of the molecule is CCOc1ccccc1C(=O)C1C2CCCN2C2(C(=O)Nc3ccc(Cl)cc32)C12C(=O)Nc1ccccc12. The standard InChI is InChI=1S/C30H26ClN3O4/c1-2-38-24-12-6-3-8-18(24)26(35)25-23-11-7-15-34(23)30(20-16-17(31)13-14-22(20)33-28(30)37)29(25)19-9-4-5-10-21(19)32-27(29)36/h3-6,8-10,12-14,16,23,25H,2,7,11,15H2,1H3,(H,32,36)(H,33,37). The molecule has 2 saturated heterocycles. The second kappa shape index (κ2) is 8.16. The summed E-state index contributed by atoms with van der Waals surface area (Å²) in [5.74, 6) is -1.19. The van der Waals surface area contributed by atoms with E-state index in [1.165, 1.54) is 0 Å². The number of nitrogens with one attached hydrogen (secondary N) is 2. The van der Waals surface area contributed by atoms with Gasteiger partial charge in [-0.15, -0.1) is 0 Å². The van der Waals surface area contributed by atoms with Gasteiger partial charge in [0.1, 0.15) is 16.7 Å². The molecule has 3 aromatic carbocycles.